The minimum absolute atomic E-state index is 0.936. The van der Waals surface area contributed by atoms with Crippen LogP contribution in [0, 0.1) is 0 Å². The molecule has 10 aromatic rings. The van der Waals surface area contributed by atoms with Crippen LogP contribution in [0.5, 0.6) is 0 Å². The molecule has 0 aliphatic carbocycles. The van der Waals surface area contributed by atoms with Crippen LogP contribution in [0.1, 0.15) is 0 Å². The lowest BCUT2D eigenvalue weighted by molar-refractivity contribution is 1.10. The van der Waals surface area contributed by atoms with E-state index in [4.69, 9.17) is 4.98 Å². The summed E-state index contributed by atoms with van der Waals surface area (Å²) in [4.78, 5) is 5.18. The summed E-state index contributed by atoms with van der Waals surface area (Å²) in [5, 5.41) is 7.65. The van der Waals surface area contributed by atoms with Crippen LogP contribution in [0.4, 0.5) is 0 Å². The number of thiophene rings is 1. The van der Waals surface area contributed by atoms with Crippen molar-refractivity contribution in [2.75, 3.05) is 0 Å². The van der Waals surface area contributed by atoms with Crippen molar-refractivity contribution in [3.63, 3.8) is 0 Å². The van der Waals surface area contributed by atoms with Gasteiger partial charge in [0.05, 0.1) is 11.0 Å². The molecule has 0 bridgehead atoms. The third-order valence-electron chi connectivity index (χ3n) is 9.58. The summed E-state index contributed by atoms with van der Waals surface area (Å²) in [5.41, 5.74) is 9.21. The number of para-hydroxylation sites is 3. The first-order valence-electron chi connectivity index (χ1n) is 16.3. The van der Waals surface area contributed by atoms with Gasteiger partial charge in [-0.2, -0.15) is 0 Å². The molecule has 0 radical (unpaired) electrons. The Morgan fingerprint density at radius 3 is 1.69 bits per heavy atom. The second-order valence-electron chi connectivity index (χ2n) is 12.3. The van der Waals surface area contributed by atoms with Gasteiger partial charge in [-0.3, -0.25) is 4.57 Å². The van der Waals surface area contributed by atoms with Crippen LogP contribution in [0.3, 0.4) is 0 Å². The Morgan fingerprint density at radius 2 is 0.958 bits per heavy atom. The molecule has 0 N–H and O–H groups in total. The molecule has 3 heteroatoms. The molecule has 48 heavy (non-hydrogen) atoms. The molecule has 0 saturated heterocycles. The van der Waals surface area contributed by atoms with E-state index in [-0.39, 0.29) is 0 Å². The molecule has 2 nitrogen and oxygen atoms in total. The van der Waals surface area contributed by atoms with E-state index in [1.165, 1.54) is 64.0 Å². The highest BCUT2D eigenvalue weighted by Gasteiger charge is 2.19. The third-order valence-corrected chi connectivity index (χ3v) is 10.7. The number of benzene rings is 8. The molecule has 2 heterocycles. The van der Waals surface area contributed by atoms with Gasteiger partial charge in [0.2, 0.25) is 0 Å². The van der Waals surface area contributed by atoms with Gasteiger partial charge in [-0.1, -0.05) is 121 Å². The summed E-state index contributed by atoms with van der Waals surface area (Å²) in [6.07, 6.45) is 0. The van der Waals surface area contributed by atoms with Crippen LogP contribution in [-0.4, -0.2) is 9.55 Å². The molecular formula is C45H28N2S. The van der Waals surface area contributed by atoms with E-state index in [1.807, 2.05) is 11.3 Å². The maximum absolute atomic E-state index is 5.18. The number of aromatic nitrogens is 2. The monoisotopic (exact) mass is 628 g/mol. The summed E-state index contributed by atoms with van der Waals surface area (Å²) >= 11 is 1.87. The van der Waals surface area contributed by atoms with Crippen molar-refractivity contribution in [3.05, 3.63) is 170 Å². The zero-order valence-electron chi connectivity index (χ0n) is 26.0. The van der Waals surface area contributed by atoms with Crippen LogP contribution in [0.2, 0.25) is 0 Å². The molecule has 8 aromatic carbocycles. The second kappa shape index (κ2) is 10.8. The van der Waals surface area contributed by atoms with Gasteiger partial charge in [0.15, 0.2) is 0 Å². The summed E-state index contributed by atoms with van der Waals surface area (Å²) in [6.45, 7) is 0. The standard InChI is InChI=1S/C45H28N2S/c1-2-15-32(16-3-1)47-40-23-10-9-22-39(40)46-45(47)31-14-12-13-29(27-31)43-34-18-4-6-20-36(34)44(37-21-7-5-19-35(37)43)30-25-26-42-38(28-30)33-17-8-11-24-41(33)48-42/h1-28H. The first kappa shape index (κ1) is 27.1. The summed E-state index contributed by atoms with van der Waals surface area (Å²) in [7, 11) is 0. The maximum atomic E-state index is 5.18. The average Bonchev–Trinajstić information content (AvgIpc) is 3.73. The lowest BCUT2D eigenvalue weighted by Crippen LogP contribution is -1.97. The number of hydrogen-bond donors (Lipinski definition) is 0. The topological polar surface area (TPSA) is 17.8 Å². The van der Waals surface area contributed by atoms with E-state index in [0.717, 1.165) is 28.1 Å². The van der Waals surface area contributed by atoms with Crippen LogP contribution in [0.25, 0.3) is 92.1 Å². The lowest BCUT2D eigenvalue weighted by atomic mass is 9.85. The van der Waals surface area contributed by atoms with Gasteiger partial charge in [0.25, 0.3) is 0 Å². The Kier molecular flexibility index (Phi) is 6.08. The van der Waals surface area contributed by atoms with Crippen LogP contribution >= 0.6 is 11.3 Å². The van der Waals surface area contributed by atoms with E-state index in [9.17, 15) is 0 Å². The first-order chi connectivity index (χ1) is 23.8. The Bertz CT molecular complexity index is 2780. The Hall–Kier alpha value is -6.03. The smallest absolute Gasteiger partial charge is 0.145 e. The van der Waals surface area contributed by atoms with Gasteiger partial charge in [0.1, 0.15) is 5.82 Å². The highest BCUT2D eigenvalue weighted by atomic mass is 32.1. The van der Waals surface area contributed by atoms with Crippen molar-refractivity contribution < 1.29 is 0 Å². The molecule has 0 spiro atoms. The molecule has 0 atom stereocenters. The number of nitrogens with zero attached hydrogens (tertiary/aromatic N) is 2. The van der Waals surface area contributed by atoms with Crippen molar-refractivity contribution in [3.8, 4) is 39.3 Å². The quantitative estimate of drug-likeness (QED) is 0.177. The Balaban J connectivity index is 1.23. The van der Waals surface area contributed by atoms with Crippen molar-refractivity contribution in [1.29, 1.82) is 0 Å². The number of rotatable bonds is 4. The fourth-order valence-corrected chi connectivity index (χ4v) is 8.59. The molecule has 2 aromatic heterocycles. The zero-order chi connectivity index (χ0) is 31.6. The minimum atomic E-state index is 0.936. The largest absolute Gasteiger partial charge is 0.292 e. The molecule has 0 aliphatic heterocycles. The van der Waals surface area contributed by atoms with Gasteiger partial charge in [-0.25, -0.2) is 4.98 Å². The fourth-order valence-electron chi connectivity index (χ4n) is 7.50. The zero-order valence-corrected chi connectivity index (χ0v) is 26.8. The van der Waals surface area contributed by atoms with E-state index < -0.39 is 0 Å². The van der Waals surface area contributed by atoms with Gasteiger partial charge < -0.3 is 0 Å². The van der Waals surface area contributed by atoms with Gasteiger partial charge in [-0.05, 0) is 92.3 Å². The van der Waals surface area contributed by atoms with E-state index in [1.54, 1.807) is 0 Å². The Morgan fingerprint density at radius 1 is 0.396 bits per heavy atom. The number of imidazole rings is 1. The van der Waals surface area contributed by atoms with Gasteiger partial charge in [0, 0.05) is 31.4 Å². The second-order valence-corrected chi connectivity index (χ2v) is 13.4. The lowest BCUT2D eigenvalue weighted by Gasteiger charge is -2.18. The fraction of sp³-hybridized carbons (Fsp3) is 0. The summed E-state index contributed by atoms with van der Waals surface area (Å²) in [5.74, 6) is 0.936. The highest BCUT2D eigenvalue weighted by molar-refractivity contribution is 7.25. The third kappa shape index (κ3) is 4.15. The highest BCUT2D eigenvalue weighted by Crippen LogP contribution is 2.46. The van der Waals surface area contributed by atoms with Gasteiger partial charge >= 0.3 is 0 Å². The molecule has 224 valence electrons. The van der Waals surface area contributed by atoms with E-state index >= 15 is 0 Å². The molecule has 0 saturated carbocycles. The molecule has 0 aliphatic rings. The predicted octanol–water partition coefficient (Wildman–Crippen LogP) is 12.7. The molecule has 10 rings (SSSR count). The van der Waals surface area contributed by atoms with Crippen molar-refractivity contribution in [1.82, 2.24) is 9.55 Å². The SMILES string of the molecule is c1ccc(-n2c(-c3cccc(-c4c5ccccc5c(-c5ccc6sc7ccccc7c6c5)c5ccccc45)c3)nc3ccccc32)cc1. The van der Waals surface area contributed by atoms with E-state index in [2.05, 4.69) is 174 Å². The maximum Gasteiger partial charge on any atom is 0.145 e. The van der Waals surface area contributed by atoms with Gasteiger partial charge in [-0.15, -0.1) is 11.3 Å². The summed E-state index contributed by atoms with van der Waals surface area (Å²) < 4.78 is 4.93. The normalized spacial score (nSPS) is 11.8. The number of hydrogen-bond acceptors (Lipinski definition) is 2. The predicted molar refractivity (Wildman–Crippen MR) is 205 cm³/mol. The van der Waals surface area contributed by atoms with Crippen molar-refractivity contribution in [2.45, 2.75) is 0 Å². The first-order valence-corrected chi connectivity index (χ1v) is 17.1. The molecule has 0 fully saturated rings. The molecule has 0 unspecified atom stereocenters. The van der Waals surface area contributed by atoms with Crippen molar-refractivity contribution in [2.24, 2.45) is 0 Å². The van der Waals surface area contributed by atoms with E-state index in [0.29, 0.717) is 0 Å². The average molecular weight is 629 g/mol. The molecule has 0 amide bonds. The Labute approximate surface area is 281 Å². The van der Waals surface area contributed by atoms with Crippen LogP contribution in [0.15, 0.2) is 170 Å². The van der Waals surface area contributed by atoms with Crippen LogP contribution in [-0.2, 0) is 0 Å². The minimum Gasteiger partial charge on any atom is -0.292 e. The molecular weight excluding hydrogens is 601 g/mol. The van der Waals surface area contributed by atoms with Crippen LogP contribution < -0.4 is 0 Å². The summed E-state index contributed by atoms with van der Waals surface area (Å²) in [6, 6.07) is 61.4. The number of fused-ring (bicyclic) bond motifs is 6. The van der Waals surface area contributed by atoms with Crippen molar-refractivity contribution >= 4 is 64.1 Å².